The minimum absolute atomic E-state index is 0.0521. The highest BCUT2D eigenvalue weighted by molar-refractivity contribution is 9.10. The first-order chi connectivity index (χ1) is 8.11. The van der Waals surface area contributed by atoms with Crippen molar-refractivity contribution in [3.05, 3.63) is 55.9 Å². The lowest BCUT2D eigenvalue weighted by Gasteiger charge is -2.15. The van der Waals surface area contributed by atoms with Crippen molar-refractivity contribution in [2.75, 3.05) is 7.05 Å². The van der Waals surface area contributed by atoms with Crippen LogP contribution in [0.2, 0.25) is 0 Å². The van der Waals surface area contributed by atoms with Crippen molar-refractivity contribution in [1.82, 2.24) is 5.32 Å². The van der Waals surface area contributed by atoms with Crippen LogP contribution in [-0.4, -0.2) is 7.05 Å². The summed E-state index contributed by atoms with van der Waals surface area (Å²) in [4.78, 5) is 2.46. The van der Waals surface area contributed by atoms with Crippen molar-refractivity contribution in [1.29, 1.82) is 0 Å². The molecule has 4 heteroatoms. The summed E-state index contributed by atoms with van der Waals surface area (Å²) in [6.45, 7) is 2.07. The second-order valence-electron chi connectivity index (χ2n) is 3.84. The number of benzene rings is 1. The third-order valence-corrected chi connectivity index (χ3v) is 4.32. The molecule has 0 saturated heterocycles. The fourth-order valence-electron chi connectivity index (χ4n) is 1.77. The summed E-state index contributed by atoms with van der Waals surface area (Å²) in [6.07, 6.45) is 0. The molecule has 0 fully saturated rings. The summed E-state index contributed by atoms with van der Waals surface area (Å²) >= 11 is 4.90. The SMILES string of the molecule is CNC(c1ccc(Br)c(F)c1)c1ccc(C)s1. The zero-order valence-electron chi connectivity index (χ0n) is 9.63. The molecule has 0 aliphatic rings. The van der Waals surface area contributed by atoms with Crippen LogP contribution in [0.3, 0.4) is 0 Å². The van der Waals surface area contributed by atoms with E-state index in [9.17, 15) is 4.39 Å². The van der Waals surface area contributed by atoms with Gasteiger partial charge in [0.05, 0.1) is 10.5 Å². The molecule has 1 unspecified atom stereocenters. The lowest BCUT2D eigenvalue weighted by molar-refractivity contribution is 0.611. The molecule has 2 rings (SSSR count). The summed E-state index contributed by atoms with van der Waals surface area (Å²) in [7, 11) is 1.89. The van der Waals surface area contributed by atoms with Gasteiger partial charge in [-0.25, -0.2) is 4.39 Å². The van der Waals surface area contributed by atoms with Gasteiger partial charge in [0.25, 0.3) is 0 Å². The Morgan fingerprint density at radius 2 is 2.06 bits per heavy atom. The van der Waals surface area contributed by atoms with E-state index in [2.05, 4.69) is 40.3 Å². The topological polar surface area (TPSA) is 12.0 Å². The molecule has 1 atom stereocenters. The average Bonchev–Trinajstić information content (AvgIpc) is 2.71. The number of aryl methyl sites for hydroxylation is 1. The molecule has 0 bridgehead atoms. The second kappa shape index (κ2) is 5.29. The molecule has 1 heterocycles. The van der Waals surface area contributed by atoms with E-state index in [0.717, 1.165) is 5.56 Å². The Kier molecular flexibility index (Phi) is 3.97. The maximum absolute atomic E-state index is 13.5. The largest absolute Gasteiger partial charge is 0.309 e. The van der Waals surface area contributed by atoms with Crippen molar-refractivity contribution in [3.8, 4) is 0 Å². The van der Waals surface area contributed by atoms with Crippen LogP contribution in [0, 0.1) is 12.7 Å². The van der Waals surface area contributed by atoms with Crippen LogP contribution in [-0.2, 0) is 0 Å². The molecule has 0 aliphatic carbocycles. The Balaban J connectivity index is 2.38. The van der Waals surface area contributed by atoms with E-state index in [1.165, 1.54) is 9.75 Å². The molecular formula is C13H13BrFNS. The van der Waals surface area contributed by atoms with E-state index >= 15 is 0 Å². The van der Waals surface area contributed by atoms with Gasteiger partial charge in [-0.3, -0.25) is 0 Å². The van der Waals surface area contributed by atoms with Gasteiger partial charge in [0.15, 0.2) is 0 Å². The lowest BCUT2D eigenvalue weighted by atomic mass is 10.1. The Labute approximate surface area is 113 Å². The monoisotopic (exact) mass is 313 g/mol. The minimum atomic E-state index is -0.226. The Morgan fingerprint density at radius 3 is 2.59 bits per heavy atom. The van der Waals surface area contributed by atoms with Crippen molar-refractivity contribution in [2.24, 2.45) is 0 Å². The zero-order chi connectivity index (χ0) is 12.4. The van der Waals surface area contributed by atoms with Crippen molar-refractivity contribution in [3.63, 3.8) is 0 Å². The maximum Gasteiger partial charge on any atom is 0.137 e. The third-order valence-electron chi connectivity index (χ3n) is 2.61. The van der Waals surface area contributed by atoms with Crippen molar-refractivity contribution >= 4 is 27.3 Å². The van der Waals surface area contributed by atoms with Crippen LogP contribution in [0.15, 0.2) is 34.8 Å². The summed E-state index contributed by atoms with van der Waals surface area (Å²) < 4.78 is 14.0. The molecule has 1 aromatic carbocycles. The molecule has 0 aliphatic heterocycles. The first kappa shape index (κ1) is 12.7. The van der Waals surface area contributed by atoms with Crippen LogP contribution in [0.4, 0.5) is 4.39 Å². The first-order valence-corrected chi connectivity index (χ1v) is 6.91. The van der Waals surface area contributed by atoms with Crippen LogP contribution in [0.25, 0.3) is 0 Å². The van der Waals surface area contributed by atoms with E-state index in [1.54, 1.807) is 23.5 Å². The average molecular weight is 314 g/mol. The Hall–Kier alpha value is -0.710. The third kappa shape index (κ3) is 2.76. The number of thiophene rings is 1. The van der Waals surface area contributed by atoms with Gasteiger partial charge in [-0.15, -0.1) is 11.3 Å². The van der Waals surface area contributed by atoms with Gasteiger partial charge in [0, 0.05) is 9.75 Å². The fourth-order valence-corrected chi connectivity index (χ4v) is 3.04. The van der Waals surface area contributed by atoms with Gasteiger partial charge >= 0.3 is 0 Å². The van der Waals surface area contributed by atoms with Crippen LogP contribution in [0.5, 0.6) is 0 Å². The van der Waals surface area contributed by atoms with E-state index in [-0.39, 0.29) is 11.9 Å². The van der Waals surface area contributed by atoms with Gasteiger partial charge in [-0.2, -0.15) is 0 Å². The first-order valence-electron chi connectivity index (χ1n) is 5.30. The fraction of sp³-hybridized carbons (Fsp3) is 0.231. The lowest BCUT2D eigenvalue weighted by Crippen LogP contribution is -2.16. The van der Waals surface area contributed by atoms with Crippen LogP contribution >= 0.6 is 27.3 Å². The van der Waals surface area contributed by atoms with E-state index in [0.29, 0.717) is 4.47 Å². The maximum atomic E-state index is 13.5. The number of hydrogen-bond donors (Lipinski definition) is 1. The molecule has 17 heavy (non-hydrogen) atoms. The molecule has 2 aromatic rings. The van der Waals surface area contributed by atoms with Crippen molar-refractivity contribution in [2.45, 2.75) is 13.0 Å². The molecule has 90 valence electrons. The smallest absolute Gasteiger partial charge is 0.137 e. The number of hydrogen-bond acceptors (Lipinski definition) is 2. The predicted molar refractivity (Wildman–Crippen MR) is 74.1 cm³/mol. The highest BCUT2D eigenvalue weighted by Gasteiger charge is 2.15. The Morgan fingerprint density at radius 1 is 1.29 bits per heavy atom. The van der Waals surface area contributed by atoms with Gasteiger partial charge < -0.3 is 5.32 Å². The van der Waals surface area contributed by atoms with Crippen LogP contribution < -0.4 is 5.32 Å². The second-order valence-corrected chi connectivity index (χ2v) is 6.02. The van der Waals surface area contributed by atoms with E-state index in [4.69, 9.17) is 0 Å². The zero-order valence-corrected chi connectivity index (χ0v) is 12.0. The quantitative estimate of drug-likeness (QED) is 0.892. The summed E-state index contributed by atoms with van der Waals surface area (Å²) in [6, 6.07) is 9.47. The molecule has 0 saturated carbocycles. The van der Waals surface area contributed by atoms with Gasteiger partial charge in [-0.05, 0) is 59.7 Å². The minimum Gasteiger partial charge on any atom is -0.309 e. The molecule has 0 amide bonds. The molecule has 1 N–H and O–H groups in total. The van der Waals surface area contributed by atoms with Gasteiger partial charge in [-0.1, -0.05) is 6.07 Å². The highest BCUT2D eigenvalue weighted by Crippen LogP contribution is 2.29. The summed E-state index contributed by atoms with van der Waals surface area (Å²) in [5, 5.41) is 3.22. The van der Waals surface area contributed by atoms with Gasteiger partial charge in [0.2, 0.25) is 0 Å². The van der Waals surface area contributed by atoms with E-state index < -0.39 is 0 Å². The Bertz CT molecular complexity index is 524. The molecule has 1 nitrogen and oxygen atoms in total. The normalized spacial score (nSPS) is 12.7. The standard InChI is InChI=1S/C13H13BrFNS/c1-8-3-6-12(17-8)13(16-2)9-4-5-10(14)11(15)7-9/h3-7,13,16H,1-2H3. The number of rotatable bonds is 3. The van der Waals surface area contributed by atoms with Gasteiger partial charge in [0.1, 0.15) is 5.82 Å². The van der Waals surface area contributed by atoms with Crippen molar-refractivity contribution < 1.29 is 4.39 Å². The van der Waals surface area contributed by atoms with Crippen LogP contribution in [0.1, 0.15) is 21.4 Å². The molecular weight excluding hydrogens is 301 g/mol. The highest BCUT2D eigenvalue weighted by atomic mass is 79.9. The van der Waals surface area contributed by atoms with E-state index in [1.807, 2.05) is 13.1 Å². The summed E-state index contributed by atoms with van der Waals surface area (Å²) in [5.74, 6) is -0.226. The number of nitrogens with one attached hydrogen (secondary N) is 1. The number of halogens is 2. The summed E-state index contributed by atoms with van der Waals surface area (Å²) in [5.41, 5.74) is 0.940. The molecule has 1 aromatic heterocycles. The molecule has 0 spiro atoms. The predicted octanol–water partition coefficient (Wildman–Crippen LogP) is 4.27. The molecule has 0 radical (unpaired) electrons.